The normalized spacial score (nSPS) is 21.3. The lowest BCUT2D eigenvalue weighted by atomic mass is 9.83. The molecule has 1 aliphatic heterocycles. The Kier molecular flexibility index (Phi) is 4.64. The lowest BCUT2D eigenvalue weighted by Gasteiger charge is -2.42. The van der Waals surface area contributed by atoms with Gasteiger partial charge < -0.3 is 5.73 Å². The molecule has 1 aliphatic rings. The first kappa shape index (κ1) is 14.9. The lowest BCUT2D eigenvalue weighted by molar-refractivity contribution is 0.0792. The molecule has 0 bridgehead atoms. The Labute approximate surface area is 123 Å². The average Bonchev–Trinajstić information content (AvgIpc) is 2.31. The summed E-state index contributed by atoms with van der Waals surface area (Å²) in [7, 11) is 0. The standard InChI is InChI=1S/C15H22BrFN2/c1-15(2)6-3-7-19(10-15)14(9-18)12-5-4-11(16)8-13(12)17/h4-5,8,14H,3,6-7,9-10,18H2,1-2H3. The van der Waals surface area contributed by atoms with Crippen LogP contribution in [0.5, 0.6) is 0 Å². The number of nitrogens with zero attached hydrogens (tertiary/aromatic N) is 1. The SMILES string of the molecule is CC1(C)CCCN(C(CN)c2ccc(Br)cc2F)C1. The quantitative estimate of drug-likeness (QED) is 0.916. The van der Waals surface area contributed by atoms with Gasteiger partial charge in [-0.3, -0.25) is 4.90 Å². The minimum absolute atomic E-state index is 0.0207. The highest BCUT2D eigenvalue weighted by atomic mass is 79.9. The van der Waals surface area contributed by atoms with Crippen LogP contribution in [0.2, 0.25) is 0 Å². The van der Waals surface area contributed by atoms with E-state index in [1.165, 1.54) is 12.5 Å². The van der Waals surface area contributed by atoms with Gasteiger partial charge in [0, 0.05) is 29.2 Å². The van der Waals surface area contributed by atoms with E-state index in [4.69, 9.17) is 5.73 Å². The van der Waals surface area contributed by atoms with E-state index in [9.17, 15) is 4.39 Å². The van der Waals surface area contributed by atoms with Crippen LogP contribution in [0, 0.1) is 11.2 Å². The van der Waals surface area contributed by atoms with Crippen LogP contribution >= 0.6 is 15.9 Å². The van der Waals surface area contributed by atoms with Gasteiger partial charge >= 0.3 is 0 Å². The van der Waals surface area contributed by atoms with Gasteiger partial charge in [0.1, 0.15) is 5.82 Å². The van der Waals surface area contributed by atoms with Crippen molar-refractivity contribution < 1.29 is 4.39 Å². The van der Waals surface area contributed by atoms with Gasteiger partial charge in [0.15, 0.2) is 0 Å². The van der Waals surface area contributed by atoms with Crippen molar-refractivity contribution in [2.24, 2.45) is 11.1 Å². The summed E-state index contributed by atoms with van der Waals surface area (Å²) in [6.45, 7) is 6.97. The highest BCUT2D eigenvalue weighted by molar-refractivity contribution is 9.10. The molecule has 0 radical (unpaired) electrons. The van der Waals surface area contributed by atoms with E-state index < -0.39 is 0 Å². The second kappa shape index (κ2) is 5.90. The highest BCUT2D eigenvalue weighted by Gasteiger charge is 2.31. The van der Waals surface area contributed by atoms with Crippen molar-refractivity contribution in [3.05, 3.63) is 34.1 Å². The third-order valence-electron chi connectivity index (χ3n) is 3.92. The minimum Gasteiger partial charge on any atom is -0.329 e. The predicted octanol–water partition coefficient (Wildman–Crippen LogP) is 3.71. The van der Waals surface area contributed by atoms with Crippen LogP contribution in [0.3, 0.4) is 0 Å². The molecule has 1 atom stereocenters. The van der Waals surface area contributed by atoms with E-state index in [2.05, 4.69) is 34.7 Å². The molecule has 1 aromatic rings. The number of rotatable bonds is 3. The van der Waals surface area contributed by atoms with E-state index in [-0.39, 0.29) is 17.3 Å². The van der Waals surface area contributed by atoms with Gasteiger partial charge in [-0.15, -0.1) is 0 Å². The largest absolute Gasteiger partial charge is 0.329 e. The summed E-state index contributed by atoms with van der Waals surface area (Å²) in [5.74, 6) is -0.173. The minimum atomic E-state index is -0.173. The fourth-order valence-corrected chi connectivity index (χ4v) is 3.31. The first-order valence-electron chi connectivity index (χ1n) is 6.82. The zero-order valence-corrected chi connectivity index (χ0v) is 13.2. The van der Waals surface area contributed by atoms with Crippen molar-refractivity contribution in [2.75, 3.05) is 19.6 Å². The Balaban J connectivity index is 2.24. The van der Waals surface area contributed by atoms with E-state index in [0.29, 0.717) is 12.1 Å². The van der Waals surface area contributed by atoms with Gasteiger partial charge in [-0.2, -0.15) is 0 Å². The van der Waals surface area contributed by atoms with Gasteiger partial charge in [-0.25, -0.2) is 4.39 Å². The van der Waals surface area contributed by atoms with Crippen molar-refractivity contribution >= 4 is 15.9 Å². The number of halogens is 2. The Morgan fingerprint density at radius 1 is 1.47 bits per heavy atom. The molecule has 19 heavy (non-hydrogen) atoms. The summed E-state index contributed by atoms with van der Waals surface area (Å²) >= 11 is 3.30. The molecular weight excluding hydrogens is 307 g/mol. The summed E-state index contributed by atoms with van der Waals surface area (Å²) in [6, 6.07) is 5.23. The van der Waals surface area contributed by atoms with E-state index in [1.807, 2.05) is 12.1 Å². The fraction of sp³-hybridized carbons (Fsp3) is 0.600. The van der Waals surface area contributed by atoms with Crippen LogP contribution in [0.1, 0.15) is 38.3 Å². The molecule has 0 amide bonds. The molecule has 0 saturated carbocycles. The molecule has 1 aromatic carbocycles. The summed E-state index contributed by atoms with van der Waals surface area (Å²) in [5, 5.41) is 0. The van der Waals surface area contributed by atoms with Crippen LogP contribution in [0.15, 0.2) is 22.7 Å². The van der Waals surface area contributed by atoms with Crippen molar-refractivity contribution in [3.8, 4) is 0 Å². The number of likely N-dealkylation sites (tertiary alicyclic amines) is 1. The molecule has 0 aromatic heterocycles. The molecule has 2 N–H and O–H groups in total. The Morgan fingerprint density at radius 2 is 2.21 bits per heavy atom. The predicted molar refractivity (Wildman–Crippen MR) is 80.5 cm³/mol. The monoisotopic (exact) mass is 328 g/mol. The maximum Gasteiger partial charge on any atom is 0.129 e. The summed E-state index contributed by atoms with van der Waals surface area (Å²) in [6.07, 6.45) is 2.38. The zero-order valence-electron chi connectivity index (χ0n) is 11.6. The van der Waals surface area contributed by atoms with Crippen LogP contribution in [-0.2, 0) is 0 Å². The van der Waals surface area contributed by atoms with Gasteiger partial charge in [-0.05, 0) is 36.9 Å². The van der Waals surface area contributed by atoms with E-state index in [1.54, 1.807) is 0 Å². The molecule has 1 unspecified atom stereocenters. The van der Waals surface area contributed by atoms with Gasteiger partial charge in [0.05, 0.1) is 0 Å². The number of benzene rings is 1. The van der Waals surface area contributed by atoms with E-state index >= 15 is 0 Å². The molecule has 4 heteroatoms. The topological polar surface area (TPSA) is 29.3 Å². The molecule has 2 rings (SSSR count). The van der Waals surface area contributed by atoms with Crippen LogP contribution in [-0.4, -0.2) is 24.5 Å². The smallest absolute Gasteiger partial charge is 0.129 e. The molecule has 1 fully saturated rings. The first-order valence-corrected chi connectivity index (χ1v) is 7.61. The molecule has 1 heterocycles. The summed E-state index contributed by atoms with van der Waals surface area (Å²) < 4.78 is 14.9. The summed E-state index contributed by atoms with van der Waals surface area (Å²) in [5.41, 5.74) is 6.91. The number of hydrogen-bond acceptors (Lipinski definition) is 2. The molecule has 0 aliphatic carbocycles. The number of nitrogens with two attached hydrogens (primary N) is 1. The highest BCUT2D eigenvalue weighted by Crippen LogP contribution is 2.34. The van der Waals surface area contributed by atoms with Crippen LogP contribution in [0.4, 0.5) is 4.39 Å². The third-order valence-corrected chi connectivity index (χ3v) is 4.41. The lowest BCUT2D eigenvalue weighted by Crippen LogP contribution is -2.44. The van der Waals surface area contributed by atoms with E-state index in [0.717, 1.165) is 24.0 Å². The van der Waals surface area contributed by atoms with Crippen molar-refractivity contribution in [1.82, 2.24) is 4.90 Å². The number of piperidine rings is 1. The second-order valence-corrected chi connectivity index (χ2v) is 7.07. The fourth-order valence-electron chi connectivity index (χ4n) is 2.98. The van der Waals surface area contributed by atoms with Crippen molar-refractivity contribution in [3.63, 3.8) is 0 Å². The molecule has 1 saturated heterocycles. The van der Waals surface area contributed by atoms with Gasteiger partial charge in [0.25, 0.3) is 0 Å². The molecule has 106 valence electrons. The molecule has 0 spiro atoms. The maximum absolute atomic E-state index is 14.1. The molecular formula is C15H22BrFN2. The van der Waals surface area contributed by atoms with Crippen molar-refractivity contribution in [1.29, 1.82) is 0 Å². The van der Waals surface area contributed by atoms with Gasteiger partial charge in [0.2, 0.25) is 0 Å². The molecule has 2 nitrogen and oxygen atoms in total. The van der Waals surface area contributed by atoms with Gasteiger partial charge in [-0.1, -0.05) is 35.8 Å². The van der Waals surface area contributed by atoms with Crippen LogP contribution < -0.4 is 5.73 Å². The number of hydrogen-bond donors (Lipinski definition) is 1. The second-order valence-electron chi connectivity index (χ2n) is 6.16. The Morgan fingerprint density at radius 3 is 2.79 bits per heavy atom. The zero-order chi connectivity index (χ0) is 14.0. The Bertz CT molecular complexity index is 448. The van der Waals surface area contributed by atoms with Crippen molar-refractivity contribution in [2.45, 2.75) is 32.7 Å². The first-order chi connectivity index (χ1) is 8.93. The average molecular weight is 329 g/mol. The maximum atomic E-state index is 14.1. The third kappa shape index (κ3) is 3.56. The van der Waals surface area contributed by atoms with Crippen LogP contribution in [0.25, 0.3) is 0 Å². The summed E-state index contributed by atoms with van der Waals surface area (Å²) in [4.78, 5) is 2.33. The Hall–Kier alpha value is -0.450.